The third-order valence-corrected chi connectivity index (χ3v) is 8.08. The van der Waals surface area contributed by atoms with Gasteiger partial charge < -0.3 is 19.2 Å². The van der Waals surface area contributed by atoms with Gasteiger partial charge in [0.05, 0.1) is 19.2 Å². The van der Waals surface area contributed by atoms with Crippen molar-refractivity contribution in [1.29, 1.82) is 0 Å². The van der Waals surface area contributed by atoms with Crippen molar-refractivity contribution in [3.63, 3.8) is 0 Å². The maximum atomic E-state index is 13.2. The highest BCUT2D eigenvalue weighted by Gasteiger charge is 2.20. The number of benzene rings is 3. The highest BCUT2D eigenvalue weighted by molar-refractivity contribution is 7.99. The molecular formula is C29H29N5O2S. The SMILES string of the molecule is Cn1c2ccccc2c2cc(C(=O)NCc3nnc(SCC4CCCO4)n3Cc3ccccc3)ccc21. The Hall–Kier alpha value is -3.62. The Morgan fingerprint density at radius 1 is 1.03 bits per heavy atom. The fraction of sp³-hybridized carbons (Fsp3) is 0.276. The van der Waals surface area contributed by atoms with Crippen molar-refractivity contribution in [3.05, 3.63) is 89.7 Å². The number of aromatic nitrogens is 4. The Labute approximate surface area is 219 Å². The molecular weight excluding hydrogens is 482 g/mol. The van der Waals surface area contributed by atoms with E-state index in [0.717, 1.165) is 63.6 Å². The molecule has 1 unspecified atom stereocenters. The molecule has 0 aliphatic carbocycles. The molecule has 8 heteroatoms. The molecule has 0 saturated carbocycles. The number of aryl methyl sites for hydroxylation is 1. The van der Waals surface area contributed by atoms with Crippen LogP contribution >= 0.6 is 11.8 Å². The minimum atomic E-state index is -0.127. The Balaban J connectivity index is 1.22. The van der Waals surface area contributed by atoms with Gasteiger partial charge in [0.15, 0.2) is 11.0 Å². The second-order valence-corrected chi connectivity index (χ2v) is 10.4. The van der Waals surface area contributed by atoms with Gasteiger partial charge in [-0.1, -0.05) is 60.3 Å². The van der Waals surface area contributed by atoms with E-state index in [9.17, 15) is 4.79 Å². The summed E-state index contributed by atoms with van der Waals surface area (Å²) in [6.07, 6.45) is 2.46. The molecule has 37 heavy (non-hydrogen) atoms. The summed E-state index contributed by atoms with van der Waals surface area (Å²) in [5.41, 5.74) is 4.05. The average molecular weight is 512 g/mol. The summed E-state index contributed by atoms with van der Waals surface area (Å²) < 4.78 is 10.1. The van der Waals surface area contributed by atoms with E-state index in [1.807, 2.05) is 48.5 Å². The molecule has 1 N–H and O–H groups in total. The molecule has 3 aromatic carbocycles. The molecule has 6 rings (SSSR count). The summed E-state index contributed by atoms with van der Waals surface area (Å²) >= 11 is 1.67. The van der Waals surface area contributed by atoms with Gasteiger partial charge in [-0.05, 0) is 42.7 Å². The van der Waals surface area contributed by atoms with Gasteiger partial charge in [0.2, 0.25) is 0 Å². The summed E-state index contributed by atoms with van der Waals surface area (Å²) in [6, 6.07) is 24.4. The van der Waals surface area contributed by atoms with Gasteiger partial charge in [0.1, 0.15) is 0 Å². The number of carbonyl (C=O) groups is 1. The van der Waals surface area contributed by atoms with Crippen LogP contribution in [0.25, 0.3) is 21.8 Å². The van der Waals surface area contributed by atoms with Gasteiger partial charge >= 0.3 is 0 Å². The Morgan fingerprint density at radius 2 is 1.84 bits per heavy atom. The van der Waals surface area contributed by atoms with E-state index in [1.54, 1.807) is 11.8 Å². The van der Waals surface area contributed by atoms with Crippen molar-refractivity contribution in [2.24, 2.45) is 7.05 Å². The number of nitrogens with one attached hydrogen (secondary N) is 1. The number of carbonyl (C=O) groups excluding carboxylic acids is 1. The van der Waals surface area contributed by atoms with E-state index in [1.165, 1.54) is 0 Å². The molecule has 0 spiro atoms. The van der Waals surface area contributed by atoms with Crippen LogP contribution < -0.4 is 5.32 Å². The summed E-state index contributed by atoms with van der Waals surface area (Å²) in [4.78, 5) is 13.2. The predicted octanol–water partition coefficient (Wildman–Crippen LogP) is 5.17. The second-order valence-electron chi connectivity index (χ2n) is 9.41. The van der Waals surface area contributed by atoms with Gasteiger partial charge in [0.25, 0.3) is 5.91 Å². The summed E-state index contributed by atoms with van der Waals surface area (Å²) in [7, 11) is 2.05. The number of hydrogen-bond donors (Lipinski definition) is 1. The predicted molar refractivity (Wildman–Crippen MR) is 147 cm³/mol. The number of ether oxygens (including phenoxy) is 1. The molecule has 1 atom stereocenters. The van der Waals surface area contributed by atoms with Crippen molar-refractivity contribution in [1.82, 2.24) is 24.6 Å². The number of amides is 1. The summed E-state index contributed by atoms with van der Waals surface area (Å²) in [5, 5.41) is 15.1. The molecule has 0 radical (unpaired) electrons. The zero-order valence-corrected chi connectivity index (χ0v) is 21.6. The molecule has 1 saturated heterocycles. The molecule has 1 amide bonds. The van der Waals surface area contributed by atoms with Crippen molar-refractivity contribution < 1.29 is 9.53 Å². The second kappa shape index (κ2) is 10.4. The Bertz CT molecular complexity index is 1550. The summed E-state index contributed by atoms with van der Waals surface area (Å²) in [6.45, 7) is 1.78. The van der Waals surface area contributed by atoms with Crippen LogP contribution in [0.15, 0.2) is 78.0 Å². The van der Waals surface area contributed by atoms with Gasteiger partial charge in [0, 0.05) is 46.8 Å². The van der Waals surface area contributed by atoms with Crippen LogP contribution in [0.1, 0.15) is 34.6 Å². The van der Waals surface area contributed by atoms with Crippen molar-refractivity contribution >= 4 is 39.5 Å². The fourth-order valence-electron chi connectivity index (χ4n) is 5.00. The van der Waals surface area contributed by atoms with Crippen LogP contribution in [0.4, 0.5) is 0 Å². The van der Waals surface area contributed by atoms with Gasteiger partial charge in [-0.2, -0.15) is 0 Å². The van der Waals surface area contributed by atoms with E-state index < -0.39 is 0 Å². The van der Waals surface area contributed by atoms with Crippen LogP contribution in [-0.4, -0.2) is 43.7 Å². The van der Waals surface area contributed by atoms with Gasteiger partial charge in [-0.25, -0.2) is 0 Å². The molecule has 0 bridgehead atoms. The first kappa shape index (κ1) is 23.8. The summed E-state index contributed by atoms with van der Waals surface area (Å²) in [5.74, 6) is 1.46. The zero-order valence-electron chi connectivity index (χ0n) is 20.8. The van der Waals surface area contributed by atoms with E-state index in [4.69, 9.17) is 4.74 Å². The first-order valence-corrected chi connectivity index (χ1v) is 13.6. The van der Waals surface area contributed by atoms with Crippen LogP contribution in [0.2, 0.25) is 0 Å². The molecule has 2 aromatic heterocycles. The first-order chi connectivity index (χ1) is 18.2. The van der Waals surface area contributed by atoms with E-state index in [2.05, 4.69) is 56.0 Å². The number of para-hydroxylation sites is 1. The highest BCUT2D eigenvalue weighted by atomic mass is 32.2. The monoisotopic (exact) mass is 511 g/mol. The quantitative estimate of drug-likeness (QED) is 0.291. The fourth-order valence-corrected chi connectivity index (χ4v) is 6.02. The Morgan fingerprint density at radius 3 is 2.68 bits per heavy atom. The molecule has 3 heterocycles. The molecule has 1 fully saturated rings. The normalized spacial score (nSPS) is 15.5. The minimum Gasteiger partial charge on any atom is -0.377 e. The molecule has 5 aromatic rings. The molecule has 1 aliphatic rings. The minimum absolute atomic E-state index is 0.127. The zero-order chi connectivity index (χ0) is 25.2. The van der Waals surface area contributed by atoms with E-state index >= 15 is 0 Å². The first-order valence-electron chi connectivity index (χ1n) is 12.6. The number of thioether (sulfide) groups is 1. The Kier molecular flexibility index (Phi) is 6.68. The molecule has 188 valence electrons. The van der Waals surface area contributed by atoms with Gasteiger partial charge in [-0.3, -0.25) is 4.79 Å². The average Bonchev–Trinajstić information content (AvgIpc) is 3.66. The van der Waals surface area contributed by atoms with Crippen LogP contribution in [0, 0.1) is 0 Å². The van der Waals surface area contributed by atoms with Crippen LogP contribution in [0.3, 0.4) is 0 Å². The van der Waals surface area contributed by atoms with Crippen molar-refractivity contribution in [2.75, 3.05) is 12.4 Å². The topological polar surface area (TPSA) is 74.0 Å². The molecule has 7 nitrogen and oxygen atoms in total. The molecule has 1 aliphatic heterocycles. The maximum Gasteiger partial charge on any atom is 0.251 e. The van der Waals surface area contributed by atoms with Crippen LogP contribution in [0.5, 0.6) is 0 Å². The number of nitrogens with zero attached hydrogens (tertiary/aromatic N) is 4. The third-order valence-electron chi connectivity index (χ3n) is 6.98. The maximum absolute atomic E-state index is 13.2. The van der Waals surface area contributed by atoms with Gasteiger partial charge in [-0.15, -0.1) is 10.2 Å². The number of fused-ring (bicyclic) bond motifs is 3. The van der Waals surface area contributed by atoms with Crippen molar-refractivity contribution in [2.45, 2.75) is 37.2 Å². The van der Waals surface area contributed by atoms with E-state index in [0.29, 0.717) is 18.7 Å². The lowest BCUT2D eigenvalue weighted by molar-refractivity contribution is 0.0949. The largest absolute Gasteiger partial charge is 0.377 e. The smallest absolute Gasteiger partial charge is 0.251 e. The number of rotatable bonds is 8. The van der Waals surface area contributed by atoms with Crippen molar-refractivity contribution in [3.8, 4) is 0 Å². The lowest BCUT2D eigenvalue weighted by atomic mass is 10.1. The van der Waals surface area contributed by atoms with Crippen LogP contribution in [-0.2, 0) is 24.9 Å². The lowest BCUT2D eigenvalue weighted by Crippen LogP contribution is -2.25. The lowest BCUT2D eigenvalue weighted by Gasteiger charge is -2.13. The standard InChI is InChI=1S/C29H29N5O2S/c1-33-25-12-6-5-11-23(25)24-16-21(13-14-26(24)33)28(35)30-17-27-31-32-29(37-19-22-10-7-15-36-22)34(27)18-20-8-3-2-4-9-20/h2-6,8-9,11-14,16,22H,7,10,15,17-19H2,1H3,(H,30,35). The number of hydrogen-bond acceptors (Lipinski definition) is 5. The highest BCUT2D eigenvalue weighted by Crippen LogP contribution is 2.29. The third kappa shape index (κ3) is 4.86. The van der Waals surface area contributed by atoms with E-state index in [-0.39, 0.29) is 12.0 Å².